The maximum Gasteiger partial charge on any atom is 0.494 e. The predicted octanol–water partition coefficient (Wildman–Crippen LogP) is 2.56. The Morgan fingerprint density at radius 1 is 1.25 bits per heavy atom. The van der Waals surface area contributed by atoms with E-state index in [0.29, 0.717) is 0 Å². The Labute approximate surface area is 64.1 Å². The molecule has 0 heterocycles. The Hall–Kier alpha value is 1.05. The third kappa shape index (κ3) is 7.05. The van der Waals surface area contributed by atoms with Crippen LogP contribution in [-0.2, 0) is 4.43 Å². The Morgan fingerprint density at radius 2 is 1.62 bits per heavy atom. The fourth-order valence-electron chi connectivity index (χ4n) is 0.267. The average Bonchev–Trinajstić information content (AvgIpc) is 1.21. The molecular formula is C3H7Cl3OSi. The third-order valence-electron chi connectivity index (χ3n) is 0.369. The van der Waals surface area contributed by atoms with E-state index in [9.17, 15) is 0 Å². The highest BCUT2D eigenvalue weighted by Gasteiger charge is 2.28. The fraction of sp³-hybridized carbons (Fsp3) is 1.00. The number of rotatable bonds is 2. The highest BCUT2D eigenvalue weighted by atomic mass is 35.8. The first-order chi connectivity index (χ1) is 3.42. The van der Waals surface area contributed by atoms with Gasteiger partial charge in [0.15, 0.2) is 0 Å². The summed E-state index contributed by atoms with van der Waals surface area (Å²) in [5.41, 5.74) is 0. The maximum absolute atomic E-state index is 5.38. The summed E-state index contributed by atoms with van der Waals surface area (Å²) in [7, 11) is 0. The van der Waals surface area contributed by atoms with Crippen molar-refractivity contribution in [2.45, 2.75) is 20.0 Å². The molecule has 0 rings (SSSR count). The van der Waals surface area contributed by atoms with Crippen molar-refractivity contribution >= 4 is 39.5 Å². The molecule has 5 heteroatoms. The summed E-state index contributed by atoms with van der Waals surface area (Å²) in [6, 6.07) is 0. The second-order valence-corrected chi connectivity index (χ2v) is 9.27. The molecule has 0 spiro atoms. The molecule has 0 N–H and O–H groups in total. The summed E-state index contributed by atoms with van der Waals surface area (Å²) in [5, 5.41) is 0. The summed E-state index contributed by atoms with van der Waals surface area (Å²) < 4.78 is 4.87. The van der Waals surface area contributed by atoms with E-state index in [1.807, 2.05) is 13.8 Å². The van der Waals surface area contributed by atoms with Gasteiger partial charge in [0.25, 0.3) is 0 Å². The van der Waals surface area contributed by atoms with Gasteiger partial charge < -0.3 is 4.43 Å². The van der Waals surface area contributed by atoms with Crippen LogP contribution in [-0.4, -0.2) is 12.4 Å². The van der Waals surface area contributed by atoms with Gasteiger partial charge in [0, 0.05) is 6.10 Å². The molecule has 0 aromatic carbocycles. The van der Waals surface area contributed by atoms with Crippen molar-refractivity contribution in [3.05, 3.63) is 0 Å². The van der Waals surface area contributed by atoms with Crippen molar-refractivity contribution in [2.75, 3.05) is 0 Å². The molecule has 50 valence electrons. The molecule has 0 aromatic heterocycles. The molecule has 0 saturated carbocycles. The van der Waals surface area contributed by atoms with E-state index in [1.165, 1.54) is 0 Å². The second kappa shape index (κ2) is 3.27. The zero-order chi connectivity index (χ0) is 6.78. The minimum atomic E-state index is -2.80. The van der Waals surface area contributed by atoms with E-state index in [1.54, 1.807) is 0 Å². The summed E-state index contributed by atoms with van der Waals surface area (Å²) in [4.78, 5) is 0. The molecule has 0 fully saturated rings. The van der Waals surface area contributed by atoms with Gasteiger partial charge in [-0.15, -0.1) is 0 Å². The number of hydrogen-bond donors (Lipinski definition) is 0. The molecule has 0 amide bonds. The van der Waals surface area contributed by atoms with Crippen LogP contribution < -0.4 is 0 Å². The molecule has 0 unspecified atom stereocenters. The first-order valence-corrected chi connectivity index (χ1v) is 7.11. The predicted molar refractivity (Wildman–Crippen MR) is 39.5 cm³/mol. The van der Waals surface area contributed by atoms with Crippen molar-refractivity contribution in [1.29, 1.82) is 0 Å². The zero-order valence-electron chi connectivity index (χ0n) is 4.62. The lowest BCUT2D eigenvalue weighted by Gasteiger charge is -2.11. The molecule has 0 bridgehead atoms. The van der Waals surface area contributed by atoms with Crippen LogP contribution in [0.15, 0.2) is 0 Å². The van der Waals surface area contributed by atoms with Crippen molar-refractivity contribution < 1.29 is 4.43 Å². The Morgan fingerprint density at radius 3 is 1.62 bits per heavy atom. The zero-order valence-corrected chi connectivity index (χ0v) is 7.89. The van der Waals surface area contributed by atoms with Crippen molar-refractivity contribution in [3.63, 3.8) is 0 Å². The van der Waals surface area contributed by atoms with Crippen LogP contribution in [0.3, 0.4) is 0 Å². The Balaban J connectivity index is 3.39. The van der Waals surface area contributed by atoms with Gasteiger partial charge in [-0.1, -0.05) is 33.2 Å². The molecule has 0 aromatic rings. The largest absolute Gasteiger partial charge is 0.494 e. The molecule has 8 heavy (non-hydrogen) atoms. The standard InChI is InChI=1S/C3H7Cl3OSi/c1-3(2)7-8(4,5)6/h3H,1-2H3. The Bertz CT molecular complexity index is 69.4. The van der Waals surface area contributed by atoms with Crippen LogP contribution in [0.25, 0.3) is 0 Å². The highest BCUT2D eigenvalue weighted by molar-refractivity contribution is 7.62. The topological polar surface area (TPSA) is 9.23 Å². The van der Waals surface area contributed by atoms with Gasteiger partial charge in [0.1, 0.15) is 0 Å². The molecular weight excluding hydrogens is 186 g/mol. The van der Waals surface area contributed by atoms with Crippen LogP contribution in [0.4, 0.5) is 0 Å². The van der Waals surface area contributed by atoms with Crippen LogP contribution in [0, 0.1) is 0 Å². The van der Waals surface area contributed by atoms with Crippen LogP contribution in [0.5, 0.6) is 0 Å². The SMILES string of the molecule is CC(C)O[Si](Cl)(Cl)Cl. The van der Waals surface area contributed by atoms with E-state index >= 15 is 0 Å². The molecule has 0 radical (unpaired) electrons. The summed E-state index contributed by atoms with van der Waals surface area (Å²) in [6.07, 6.45) is -2.80. The van der Waals surface area contributed by atoms with E-state index in [-0.39, 0.29) is 6.10 Å². The number of hydrogen-bond acceptors (Lipinski definition) is 1. The van der Waals surface area contributed by atoms with Crippen LogP contribution >= 0.6 is 33.2 Å². The van der Waals surface area contributed by atoms with Gasteiger partial charge in [-0.3, -0.25) is 0 Å². The lowest BCUT2D eigenvalue weighted by atomic mass is 10.5. The van der Waals surface area contributed by atoms with Gasteiger partial charge in [-0.05, 0) is 13.8 Å². The fourth-order valence-corrected chi connectivity index (χ4v) is 2.41. The van der Waals surface area contributed by atoms with E-state index in [0.717, 1.165) is 0 Å². The van der Waals surface area contributed by atoms with Gasteiger partial charge in [0.05, 0.1) is 0 Å². The third-order valence-corrected chi connectivity index (χ3v) is 1.91. The first-order valence-electron chi connectivity index (χ1n) is 2.16. The molecule has 0 aliphatic rings. The lowest BCUT2D eigenvalue weighted by molar-refractivity contribution is 0.255. The molecule has 0 aliphatic carbocycles. The minimum Gasteiger partial charge on any atom is -0.379 e. The van der Waals surface area contributed by atoms with E-state index < -0.39 is 6.25 Å². The normalized spacial score (nSPS) is 12.8. The first kappa shape index (κ1) is 9.05. The van der Waals surface area contributed by atoms with Crippen LogP contribution in [0.2, 0.25) is 0 Å². The highest BCUT2D eigenvalue weighted by Crippen LogP contribution is 2.22. The molecule has 0 saturated heterocycles. The monoisotopic (exact) mass is 192 g/mol. The summed E-state index contributed by atoms with van der Waals surface area (Å²) >= 11 is 16.1. The summed E-state index contributed by atoms with van der Waals surface area (Å²) in [5.74, 6) is 0. The maximum atomic E-state index is 5.38. The minimum absolute atomic E-state index is 0.00849. The smallest absolute Gasteiger partial charge is 0.379 e. The van der Waals surface area contributed by atoms with Gasteiger partial charge in [-0.2, -0.15) is 0 Å². The molecule has 0 aliphatic heterocycles. The average molecular weight is 194 g/mol. The van der Waals surface area contributed by atoms with E-state index in [4.69, 9.17) is 37.7 Å². The van der Waals surface area contributed by atoms with Gasteiger partial charge >= 0.3 is 6.25 Å². The lowest BCUT2D eigenvalue weighted by Crippen LogP contribution is -2.20. The quantitative estimate of drug-likeness (QED) is 0.484. The van der Waals surface area contributed by atoms with Crippen molar-refractivity contribution in [2.24, 2.45) is 0 Å². The second-order valence-electron chi connectivity index (χ2n) is 1.61. The Kier molecular flexibility index (Phi) is 3.70. The summed E-state index contributed by atoms with van der Waals surface area (Å²) in [6.45, 7) is 3.66. The molecule has 0 atom stereocenters. The van der Waals surface area contributed by atoms with Gasteiger partial charge in [-0.25, -0.2) is 0 Å². The molecule has 1 nitrogen and oxygen atoms in total. The van der Waals surface area contributed by atoms with Crippen molar-refractivity contribution in [1.82, 2.24) is 0 Å². The van der Waals surface area contributed by atoms with E-state index in [2.05, 4.69) is 0 Å². The van der Waals surface area contributed by atoms with Crippen molar-refractivity contribution in [3.8, 4) is 0 Å². The van der Waals surface area contributed by atoms with Gasteiger partial charge in [0.2, 0.25) is 0 Å². The number of halogens is 3. The van der Waals surface area contributed by atoms with Crippen LogP contribution in [0.1, 0.15) is 13.8 Å².